The molecular weight excluding hydrogens is 522 g/mol. The van der Waals surface area contributed by atoms with Gasteiger partial charge in [0.05, 0.1) is 10.6 Å². The van der Waals surface area contributed by atoms with Crippen LogP contribution in [0, 0.1) is 0 Å². The first kappa shape index (κ1) is 28.1. The summed E-state index contributed by atoms with van der Waals surface area (Å²) in [5.41, 5.74) is 4.40. The smallest absolute Gasteiger partial charge is 0.243 e. The molecule has 1 aliphatic rings. The molecule has 0 aliphatic carbocycles. The SMILES string of the molecule is CCn1cc(-c2ccnc(Cc3ccc(S(=O)(=O)N(C)C4CCN(C(C)C)CC4)cc3)n2)c(-c2cccnc2)n1. The van der Waals surface area contributed by atoms with Crippen LogP contribution in [0.4, 0.5) is 0 Å². The van der Waals surface area contributed by atoms with Crippen LogP contribution in [0.2, 0.25) is 0 Å². The molecule has 0 atom stereocenters. The second-order valence-electron chi connectivity index (χ2n) is 10.5. The van der Waals surface area contributed by atoms with E-state index >= 15 is 0 Å². The average Bonchev–Trinajstić information content (AvgIpc) is 3.42. The molecule has 210 valence electrons. The fourth-order valence-electron chi connectivity index (χ4n) is 5.21. The molecule has 4 heterocycles. The van der Waals surface area contributed by atoms with E-state index in [-0.39, 0.29) is 6.04 Å². The van der Waals surface area contributed by atoms with E-state index in [0.29, 0.717) is 23.2 Å². The van der Waals surface area contributed by atoms with E-state index in [1.54, 1.807) is 42.1 Å². The fourth-order valence-corrected chi connectivity index (χ4v) is 6.63. The van der Waals surface area contributed by atoms with Crippen molar-refractivity contribution in [2.24, 2.45) is 0 Å². The Morgan fingerprint density at radius 3 is 2.45 bits per heavy atom. The van der Waals surface area contributed by atoms with Gasteiger partial charge < -0.3 is 4.90 Å². The third-order valence-electron chi connectivity index (χ3n) is 7.71. The van der Waals surface area contributed by atoms with Crippen LogP contribution >= 0.6 is 0 Å². The van der Waals surface area contributed by atoms with Gasteiger partial charge >= 0.3 is 0 Å². The molecule has 9 nitrogen and oxygen atoms in total. The third-order valence-corrected chi connectivity index (χ3v) is 9.63. The molecule has 0 N–H and O–H groups in total. The van der Waals surface area contributed by atoms with Crippen molar-refractivity contribution in [1.82, 2.24) is 33.9 Å². The lowest BCUT2D eigenvalue weighted by molar-refractivity contribution is 0.140. The first-order valence-corrected chi connectivity index (χ1v) is 15.3. The van der Waals surface area contributed by atoms with Gasteiger partial charge in [0.15, 0.2) is 0 Å². The molecule has 1 saturated heterocycles. The molecule has 3 aromatic heterocycles. The first-order valence-electron chi connectivity index (χ1n) is 13.9. The molecule has 10 heteroatoms. The topological polar surface area (TPSA) is 97.1 Å². The van der Waals surface area contributed by atoms with Gasteiger partial charge in [-0.15, -0.1) is 0 Å². The zero-order chi connectivity index (χ0) is 28.3. The van der Waals surface area contributed by atoms with E-state index in [4.69, 9.17) is 10.1 Å². The first-order chi connectivity index (χ1) is 19.3. The molecule has 0 bridgehead atoms. The lowest BCUT2D eigenvalue weighted by Crippen LogP contribution is -2.47. The molecular formula is C30H37N7O2S. The zero-order valence-corrected chi connectivity index (χ0v) is 24.4. The van der Waals surface area contributed by atoms with Crippen molar-refractivity contribution < 1.29 is 8.42 Å². The maximum Gasteiger partial charge on any atom is 0.243 e. The summed E-state index contributed by atoms with van der Waals surface area (Å²) < 4.78 is 30.2. The van der Waals surface area contributed by atoms with Crippen LogP contribution in [0.25, 0.3) is 22.5 Å². The number of aromatic nitrogens is 5. The van der Waals surface area contributed by atoms with Gasteiger partial charge in [-0.3, -0.25) is 9.67 Å². The van der Waals surface area contributed by atoms with E-state index < -0.39 is 10.0 Å². The van der Waals surface area contributed by atoms with Crippen LogP contribution in [0.3, 0.4) is 0 Å². The van der Waals surface area contributed by atoms with Crippen molar-refractivity contribution in [3.63, 3.8) is 0 Å². The van der Waals surface area contributed by atoms with Crippen molar-refractivity contribution in [2.45, 2.75) is 63.6 Å². The maximum atomic E-state index is 13.4. The summed E-state index contributed by atoms with van der Waals surface area (Å²) in [6.07, 6.45) is 9.48. The van der Waals surface area contributed by atoms with Crippen molar-refractivity contribution >= 4 is 10.0 Å². The van der Waals surface area contributed by atoms with Crippen LogP contribution in [0.5, 0.6) is 0 Å². The second kappa shape index (κ2) is 12.0. The zero-order valence-electron chi connectivity index (χ0n) is 23.6. The molecule has 0 spiro atoms. The van der Waals surface area contributed by atoms with Crippen LogP contribution < -0.4 is 0 Å². The van der Waals surface area contributed by atoms with Crippen LogP contribution in [-0.2, 0) is 23.0 Å². The van der Waals surface area contributed by atoms with Gasteiger partial charge in [-0.25, -0.2) is 18.4 Å². The molecule has 0 radical (unpaired) electrons. The minimum Gasteiger partial charge on any atom is -0.301 e. The summed E-state index contributed by atoms with van der Waals surface area (Å²) >= 11 is 0. The van der Waals surface area contributed by atoms with Crippen LogP contribution in [-0.4, -0.2) is 74.6 Å². The number of hydrogen-bond donors (Lipinski definition) is 0. The van der Waals surface area contributed by atoms with Gasteiger partial charge in [-0.05, 0) is 82.6 Å². The highest BCUT2D eigenvalue weighted by atomic mass is 32.2. The van der Waals surface area contributed by atoms with Crippen LogP contribution in [0.1, 0.15) is 45.0 Å². The summed E-state index contributed by atoms with van der Waals surface area (Å²) in [5.74, 6) is 0.656. The summed E-state index contributed by atoms with van der Waals surface area (Å²) in [6, 6.07) is 13.4. The number of sulfonamides is 1. The quantitative estimate of drug-likeness (QED) is 0.298. The van der Waals surface area contributed by atoms with E-state index in [9.17, 15) is 8.42 Å². The van der Waals surface area contributed by atoms with Crippen molar-refractivity contribution in [3.8, 4) is 22.5 Å². The molecule has 0 amide bonds. The normalized spacial score (nSPS) is 15.2. The van der Waals surface area contributed by atoms with E-state index in [2.05, 4.69) is 28.7 Å². The molecule has 5 rings (SSSR count). The Hall–Kier alpha value is -3.47. The Kier molecular flexibility index (Phi) is 8.39. The summed E-state index contributed by atoms with van der Waals surface area (Å²) in [5, 5.41) is 4.73. The lowest BCUT2D eigenvalue weighted by Gasteiger charge is -2.38. The van der Waals surface area contributed by atoms with Crippen LogP contribution in [0.15, 0.2) is 72.1 Å². The molecule has 1 aliphatic heterocycles. The van der Waals surface area contributed by atoms with E-state index in [1.807, 2.05) is 48.1 Å². The summed E-state index contributed by atoms with van der Waals surface area (Å²) in [4.78, 5) is 16.3. The van der Waals surface area contributed by atoms with Crippen molar-refractivity contribution in [1.29, 1.82) is 0 Å². The predicted octanol–water partition coefficient (Wildman–Crippen LogP) is 4.51. The average molecular weight is 560 g/mol. The highest BCUT2D eigenvalue weighted by Crippen LogP contribution is 2.30. The highest BCUT2D eigenvalue weighted by Gasteiger charge is 2.31. The lowest BCUT2D eigenvalue weighted by atomic mass is 10.0. The minimum atomic E-state index is -3.57. The monoisotopic (exact) mass is 559 g/mol. The number of likely N-dealkylation sites (tertiary alicyclic amines) is 1. The second-order valence-corrected chi connectivity index (χ2v) is 12.5. The maximum absolute atomic E-state index is 13.4. The van der Waals surface area contributed by atoms with Gasteiger partial charge in [0.2, 0.25) is 10.0 Å². The Morgan fingerprint density at radius 2 is 1.80 bits per heavy atom. The van der Waals surface area contributed by atoms with Gasteiger partial charge in [-0.1, -0.05) is 12.1 Å². The number of pyridine rings is 1. The van der Waals surface area contributed by atoms with Gasteiger partial charge in [-0.2, -0.15) is 9.40 Å². The molecule has 4 aromatic rings. The molecule has 1 fully saturated rings. The van der Waals surface area contributed by atoms with E-state index in [1.165, 1.54) is 0 Å². The number of hydrogen-bond acceptors (Lipinski definition) is 7. The molecule has 40 heavy (non-hydrogen) atoms. The predicted molar refractivity (Wildman–Crippen MR) is 156 cm³/mol. The fraction of sp³-hybridized carbons (Fsp3) is 0.400. The van der Waals surface area contributed by atoms with Crippen molar-refractivity contribution in [3.05, 3.63) is 78.6 Å². The highest BCUT2D eigenvalue weighted by molar-refractivity contribution is 7.89. The minimum absolute atomic E-state index is 0.0180. The standard InChI is InChI=1S/C30H37N7O2S/c1-5-37-21-27(30(34-37)24-7-6-15-31-20-24)28-12-16-32-29(33-28)19-23-8-10-26(11-9-23)40(38,39)35(4)25-13-17-36(18-14-25)22(2)3/h6-12,15-16,20-22,25H,5,13-14,17-19H2,1-4H3. The molecule has 0 saturated carbocycles. The molecule has 1 aromatic carbocycles. The van der Waals surface area contributed by atoms with Gasteiger partial charge in [0, 0.05) is 68.0 Å². The Morgan fingerprint density at radius 1 is 1.05 bits per heavy atom. The molecule has 0 unspecified atom stereocenters. The number of rotatable bonds is 9. The summed E-state index contributed by atoms with van der Waals surface area (Å²) in [6.45, 7) is 9.00. The number of piperidine rings is 1. The Labute approximate surface area is 237 Å². The Bertz CT molecular complexity index is 1530. The number of benzene rings is 1. The number of aryl methyl sites for hydroxylation is 1. The van der Waals surface area contributed by atoms with Crippen molar-refractivity contribution in [2.75, 3.05) is 20.1 Å². The van der Waals surface area contributed by atoms with E-state index in [0.717, 1.165) is 60.6 Å². The summed E-state index contributed by atoms with van der Waals surface area (Å²) in [7, 11) is -1.86. The van der Waals surface area contributed by atoms with Gasteiger partial charge in [0.25, 0.3) is 0 Å². The van der Waals surface area contributed by atoms with Gasteiger partial charge in [0.1, 0.15) is 11.5 Å². The third kappa shape index (κ3) is 5.99. The number of nitrogens with zero attached hydrogens (tertiary/aromatic N) is 7. The Balaban J connectivity index is 1.31. The largest absolute Gasteiger partial charge is 0.301 e.